The molecule has 0 N–H and O–H groups in total. The quantitative estimate of drug-likeness (QED) is 0.423. The van der Waals surface area contributed by atoms with Gasteiger partial charge in [-0.05, 0) is 41.8 Å². The first-order chi connectivity index (χ1) is 9.70. The fraction of sp³-hybridized carbons (Fsp3) is 0.200. The largest absolute Gasteiger partial charge is 0.416 e. The van der Waals surface area contributed by atoms with Gasteiger partial charge in [0, 0.05) is 5.02 Å². The third-order valence-electron chi connectivity index (χ3n) is 3.08. The third-order valence-corrected chi connectivity index (χ3v) is 4.43. The smallest absolute Gasteiger partial charge is 0.207 e. The molecule has 21 heavy (non-hydrogen) atoms. The van der Waals surface area contributed by atoms with Gasteiger partial charge in [-0.1, -0.05) is 45.7 Å². The van der Waals surface area contributed by atoms with Crippen LogP contribution >= 0.6 is 27.5 Å². The van der Waals surface area contributed by atoms with Gasteiger partial charge in [0.25, 0.3) is 0 Å². The van der Waals surface area contributed by atoms with Gasteiger partial charge in [0.15, 0.2) is 0 Å². The maximum absolute atomic E-state index is 13.4. The van der Waals surface area contributed by atoms with Crippen molar-refractivity contribution in [3.63, 3.8) is 0 Å². The minimum atomic E-state index is -4.37. The van der Waals surface area contributed by atoms with Crippen molar-refractivity contribution in [3.05, 3.63) is 69.5 Å². The van der Waals surface area contributed by atoms with Gasteiger partial charge in [-0.2, -0.15) is 13.2 Å². The number of hydrogen-bond acceptors (Lipinski definition) is 0. The van der Waals surface area contributed by atoms with Crippen molar-refractivity contribution in [2.45, 2.75) is 17.9 Å². The fourth-order valence-electron chi connectivity index (χ4n) is 1.89. The first kappa shape index (κ1) is 16.3. The molecule has 2 rings (SSSR count). The third kappa shape index (κ3) is 3.58. The summed E-state index contributed by atoms with van der Waals surface area (Å²) >= 11 is 9.39. The van der Waals surface area contributed by atoms with E-state index in [1.54, 1.807) is 13.0 Å². The lowest BCUT2D eigenvalue weighted by Gasteiger charge is -2.15. The Kier molecular flexibility index (Phi) is 4.63. The molecule has 2 aromatic carbocycles. The normalized spacial score (nSPS) is 13.3. The van der Waals surface area contributed by atoms with Crippen LogP contribution in [-0.4, -0.2) is 0 Å². The highest BCUT2D eigenvalue weighted by Gasteiger charge is 2.30. The molecule has 0 saturated heterocycles. The Morgan fingerprint density at radius 3 is 2.19 bits per heavy atom. The summed E-state index contributed by atoms with van der Waals surface area (Å²) in [6.07, 6.45) is -4.37. The highest BCUT2D eigenvalue weighted by molar-refractivity contribution is 9.09. The van der Waals surface area contributed by atoms with Crippen molar-refractivity contribution in [2.75, 3.05) is 0 Å². The van der Waals surface area contributed by atoms with Crippen LogP contribution in [0, 0.1) is 12.7 Å². The monoisotopic (exact) mass is 380 g/mol. The molecule has 0 spiro atoms. The first-order valence-electron chi connectivity index (χ1n) is 5.97. The molecular formula is C15H10BrClF4. The van der Waals surface area contributed by atoms with Crippen molar-refractivity contribution >= 4 is 27.5 Å². The van der Waals surface area contributed by atoms with E-state index in [0.29, 0.717) is 16.7 Å². The van der Waals surface area contributed by atoms with Gasteiger partial charge in [-0.15, -0.1) is 0 Å². The van der Waals surface area contributed by atoms with Crippen molar-refractivity contribution in [2.24, 2.45) is 0 Å². The predicted octanol–water partition coefficient (Wildman–Crippen LogP) is 6.29. The van der Waals surface area contributed by atoms with Gasteiger partial charge in [0.05, 0.1) is 10.4 Å². The Balaban J connectivity index is 2.36. The second kappa shape index (κ2) is 5.97. The second-order valence-corrected chi connectivity index (χ2v) is 5.93. The summed E-state index contributed by atoms with van der Waals surface area (Å²) in [6, 6.07) is 7.54. The highest BCUT2D eigenvalue weighted by Crippen LogP contribution is 2.37. The average Bonchev–Trinajstić information content (AvgIpc) is 2.41. The lowest BCUT2D eigenvalue weighted by molar-refractivity contribution is -0.137. The molecule has 0 heterocycles. The van der Waals surface area contributed by atoms with Crippen LogP contribution in [0.4, 0.5) is 17.6 Å². The lowest BCUT2D eigenvalue weighted by Crippen LogP contribution is -2.05. The molecule has 0 aliphatic carbocycles. The molecule has 1 atom stereocenters. The van der Waals surface area contributed by atoms with Crippen LogP contribution in [0.1, 0.15) is 27.1 Å². The molecule has 0 bridgehead atoms. The second-order valence-electron chi connectivity index (χ2n) is 4.61. The molecule has 6 heteroatoms. The molecule has 2 aromatic rings. The van der Waals surface area contributed by atoms with E-state index in [4.69, 9.17) is 11.6 Å². The minimum Gasteiger partial charge on any atom is -0.207 e. The number of halogens is 6. The fourth-order valence-corrected chi connectivity index (χ4v) is 2.97. The van der Waals surface area contributed by atoms with Crippen molar-refractivity contribution in [1.82, 2.24) is 0 Å². The van der Waals surface area contributed by atoms with E-state index in [0.717, 1.165) is 12.1 Å². The summed E-state index contributed by atoms with van der Waals surface area (Å²) in [6.45, 7) is 1.60. The summed E-state index contributed by atoms with van der Waals surface area (Å²) < 4.78 is 51.0. The highest BCUT2D eigenvalue weighted by atomic mass is 79.9. The standard InChI is InChI=1S/C15H10BrClF4/c1-8-6-11(12(17)7-13(8)18)14(16)9-2-4-10(5-3-9)15(19,20)21/h2-7,14H,1H3. The summed E-state index contributed by atoms with van der Waals surface area (Å²) in [5.41, 5.74) is 0.921. The Morgan fingerprint density at radius 2 is 1.67 bits per heavy atom. The van der Waals surface area contributed by atoms with Crippen LogP contribution in [-0.2, 0) is 6.18 Å². The maximum atomic E-state index is 13.4. The van der Waals surface area contributed by atoms with E-state index in [1.807, 2.05) is 0 Å². The van der Waals surface area contributed by atoms with Crippen LogP contribution < -0.4 is 0 Å². The Labute approximate surface area is 132 Å². The van der Waals surface area contributed by atoms with Gasteiger partial charge >= 0.3 is 6.18 Å². The number of rotatable bonds is 2. The topological polar surface area (TPSA) is 0 Å². The van der Waals surface area contributed by atoms with Crippen LogP contribution in [0.5, 0.6) is 0 Å². The lowest BCUT2D eigenvalue weighted by atomic mass is 10.0. The summed E-state index contributed by atoms with van der Waals surface area (Å²) in [5, 5.41) is 0.222. The molecule has 0 fully saturated rings. The zero-order chi connectivity index (χ0) is 15.8. The van der Waals surface area contributed by atoms with E-state index < -0.39 is 22.4 Å². The maximum Gasteiger partial charge on any atom is 0.416 e. The number of alkyl halides is 4. The van der Waals surface area contributed by atoms with Crippen molar-refractivity contribution in [3.8, 4) is 0 Å². The Morgan fingerprint density at radius 1 is 1.10 bits per heavy atom. The number of aryl methyl sites for hydroxylation is 1. The molecule has 0 aromatic heterocycles. The molecule has 0 aliphatic rings. The van der Waals surface area contributed by atoms with Crippen LogP contribution in [0.3, 0.4) is 0 Å². The number of hydrogen-bond donors (Lipinski definition) is 0. The first-order valence-corrected chi connectivity index (χ1v) is 7.26. The van der Waals surface area contributed by atoms with Gasteiger partial charge in [-0.25, -0.2) is 4.39 Å². The van der Waals surface area contributed by atoms with E-state index >= 15 is 0 Å². The van der Waals surface area contributed by atoms with E-state index in [1.165, 1.54) is 18.2 Å². The zero-order valence-electron chi connectivity index (χ0n) is 10.8. The molecular weight excluding hydrogens is 372 g/mol. The summed E-state index contributed by atoms with van der Waals surface area (Å²) in [5.74, 6) is -0.420. The molecule has 0 aliphatic heterocycles. The Hall–Kier alpha value is -1.07. The van der Waals surface area contributed by atoms with Gasteiger partial charge < -0.3 is 0 Å². The van der Waals surface area contributed by atoms with Gasteiger partial charge in [-0.3, -0.25) is 0 Å². The van der Waals surface area contributed by atoms with Crippen molar-refractivity contribution < 1.29 is 17.6 Å². The van der Waals surface area contributed by atoms with Crippen molar-refractivity contribution in [1.29, 1.82) is 0 Å². The SMILES string of the molecule is Cc1cc(C(Br)c2ccc(C(F)(F)F)cc2)c(Cl)cc1F. The van der Waals surface area contributed by atoms with Crippen LogP contribution in [0.25, 0.3) is 0 Å². The molecule has 0 radical (unpaired) electrons. The molecule has 0 nitrogen and oxygen atoms in total. The van der Waals surface area contributed by atoms with Crippen LogP contribution in [0.15, 0.2) is 36.4 Å². The molecule has 0 saturated carbocycles. The summed E-state index contributed by atoms with van der Waals surface area (Å²) in [4.78, 5) is -0.411. The van der Waals surface area contributed by atoms with Gasteiger partial charge in [0.1, 0.15) is 5.82 Å². The average molecular weight is 382 g/mol. The molecule has 112 valence electrons. The van der Waals surface area contributed by atoms with E-state index in [-0.39, 0.29) is 5.02 Å². The Bertz CT molecular complexity index is 650. The number of benzene rings is 2. The predicted molar refractivity (Wildman–Crippen MR) is 78.4 cm³/mol. The zero-order valence-corrected chi connectivity index (χ0v) is 13.2. The molecule has 0 amide bonds. The van der Waals surface area contributed by atoms with E-state index in [2.05, 4.69) is 15.9 Å². The molecule has 1 unspecified atom stereocenters. The van der Waals surface area contributed by atoms with E-state index in [9.17, 15) is 17.6 Å². The summed E-state index contributed by atoms with van der Waals surface area (Å²) in [7, 11) is 0. The van der Waals surface area contributed by atoms with Crippen LogP contribution in [0.2, 0.25) is 5.02 Å². The van der Waals surface area contributed by atoms with Gasteiger partial charge in [0.2, 0.25) is 0 Å². The minimum absolute atomic E-state index is 0.222.